The number of halogens is 6. The maximum atomic E-state index is 12.4. The molecule has 0 radical (unpaired) electrons. The third kappa shape index (κ3) is 2.55. The first kappa shape index (κ1) is 13.0. The Labute approximate surface area is 94.6 Å². The van der Waals surface area contributed by atoms with E-state index in [1.807, 2.05) is 0 Å². The van der Waals surface area contributed by atoms with Gasteiger partial charge < -0.3 is 0 Å². The minimum absolute atomic E-state index is 0.0663. The van der Waals surface area contributed by atoms with E-state index in [0.29, 0.717) is 6.07 Å². The first-order valence-electron chi connectivity index (χ1n) is 3.78. The topological polar surface area (TPSA) is 30.0 Å². The lowest BCUT2D eigenvalue weighted by Crippen LogP contribution is -2.11. The van der Waals surface area contributed by atoms with Crippen LogP contribution in [0.15, 0.2) is 10.7 Å². The molecule has 0 spiro atoms. The molecule has 0 amide bonds. The molecule has 0 bridgehead atoms. The highest BCUT2D eigenvalue weighted by Crippen LogP contribution is 2.34. The Morgan fingerprint density at radius 3 is 2.31 bits per heavy atom. The number of hydrogen-bond acceptors (Lipinski definition) is 2. The van der Waals surface area contributed by atoms with Crippen LogP contribution in [0.2, 0.25) is 0 Å². The Morgan fingerprint density at radius 2 is 1.94 bits per heavy atom. The van der Waals surface area contributed by atoms with Gasteiger partial charge in [-0.1, -0.05) is 0 Å². The van der Waals surface area contributed by atoms with Crippen LogP contribution in [0.5, 0.6) is 0 Å². The van der Waals surface area contributed by atoms with Gasteiger partial charge in [0.15, 0.2) is 6.29 Å². The molecular formula is C8H3BrF5NO. The van der Waals surface area contributed by atoms with Crippen LogP contribution < -0.4 is 0 Å². The number of nitrogens with zero attached hydrogens (tertiary/aromatic N) is 1. The van der Waals surface area contributed by atoms with Crippen LogP contribution in [0.1, 0.15) is 28.0 Å². The van der Waals surface area contributed by atoms with Gasteiger partial charge in [-0.25, -0.2) is 13.8 Å². The molecule has 0 atom stereocenters. The molecule has 16 heavy (non-hydrogen) atoms. The van der Waals surface area contributed by atoms with E-state index in [9.17, 15) is 26.7 Å². The van der Waals surface area contributed by atoms with Gasteiger partial charge in [-0.2, -0.15) is 13.2 Å². The van der Waals surface area contributed by atoms with Crippen molar-refractivity contribution in [2.24, 2.45) is 0 Å². The maximum absolute atomic E-state index is 12.4. The largest absolute Gasteiger partial charge is 0.433 e. The van der Waals surface area contributed by atoms with Gasteiger partial charge in [-0.15, -0.1) is 0 Å². The molecule has 0 saturated carbocycles. The van der Waals surface area contributed by atoms with E-state index in [1.165, 1.54) is 0 Å². The van der Waals surface area contributed by atoms with Crippen molar-refractivity contribution in [2.75, 3.05) is 0 Å². The zero-order valence-corrected chi connectivity index (χ0v) is 8.94. The Bertz CT molecular complexity index is 418. The van der Waals surface area contributed by atoms with Gasteiger partial charge in [0, 0.05) is 5.56 Å². The van der Waals surface area contributed by atoms with Crippen LogP contribution in [-0.4, -0.2) is 11.3 Å². The number of pyridine rings is 1. The first-order valence-corrected chi connectivity index (χ1v) is 4.57. The van der Waals surface area contributed by atoms with E-state index < -0.39 is 34.0 Å². The fourth-order valence-corrected chi connectivity index (χ4v) is 1.59. The van der Waals surface area contributed by atoms with E-state index in [0.717, 1.165) is 0 Å². The summed E-state index contributed by atoms with van der Waals surface area (Å²) in [6.07, 6.45) is -7.94. The summed E-state index contributed by atoms with van der Waals surface area (Å²) < 4.78 is 60.8. The summed E-state index contributed by atoms with van der Waals surface area (Å²) in [5.74, 6) is 0. The van der Waals surface area contributed by atoms with Gasteiger partial charge in [0.2, 0.25) is 0 Å². The van der Waals surface area contributed by atoms with Crippen LogP contribution in [0.3, 0.4) is 0 Å². The number of carbonyl (C=O) groups excluding carboxylic acids is 1. The molecule has 1 aromatic rings. The highest BCUT2D eigenvalue weighted by atomic mass is 79.9. The first-order chi connectivity index (χ1) is 7.27. The minimum atomic E-state index is -4.79. The predicted octanol–water partition coefficient (Wildman–Crippen LogP) is 3.61. The average molecular weight is 304 g/mol. The molecule has 0 aromatic carbocycles. The molecule has 0 aliphatic heterocycles. The Hall–Kier alpha value is -1.05. The normalized spacial score (nSPS) is 11.9. The van der Waals surface area contributed by atoms with Gasteiger partial charge in [0.1, 0.15) is 10.3 Å². The SMILES string of the molecule is O=Cc1cc(C(F)(F)F)nc(Br)c1C(F)F. The maximum Gasteiger partial charge on any atom is 0.433 e. The lowest BCUT2D eigenvalue weighted by molar-refractivity contribution is -0.141. The van der Waals surface area contributed by atoms with Crippen LogP contribution >= 0.6 is 15.9 Å². The molecule has 0 saturated heterocycles. The fourth-order valence-electron chi connectivity index (χ4n) is 1.00. The second-order valence-corrected chi connectivity index (χ2v) is 3.47. The summed E-state index contributed by atoms with van der Waals surface area (Å²) in [4.78, 5) is 13.3. The molecule has 1 heterocycles. The monoisotopic (exact) mass is 303 g/mol. The molecule has 88 valence electrons. The van der Waals surface area contributed by atoms with E-state index in [2.05, 4.69) is 20.9 Å². The molecule has 1 rings (SSSR count). The average Bonchev–Trinajstić information content (AvgIpc) is 2.14. The molecule has 0 fully saturated rings. The molecule has 0 aliphatic carbocycles. The standard InChI is InChI=1S/C8H3BrF5NO/c9-6-5(7(10)11)3(2-16)1-4(15-6)8(12,13)14/h1-2,7H. The molecule has 1 aromatic heterocycles. The zero-order chi connectivity index (χ0) is 12.5. The van der Waals surface area contributed by atoms with Crippen molar-refractivity contribution in [3.63, 3.8) is 0 Å². The number of rotatable bonds is 2. The predicted molar refractivity (Wildman–Crippen MR) is 47.3 cm³/mol. The van der Waals surface area contributed by atoms with Crippen LogP contribution in [0, 0.1) is 0 Å². The highest BCUT2D eigenvalue weighted by Gasteiger charge is 2.34. The smallest absolute Gasteiger partial charge is 0.298 e. The van der Waals surface area contributed by atoms with Crippen molar-refractivity contribution in [1.82, 2.24) is 4.98 Å². The van der Waals surface area contributed by atoms with Crippen molar-refractivity contribution in [1.29, 1.82) is 0 Å². The summed E-state index contributed by atoms with van der Waals surface area (Å²) >= 11 is 2.48. The number of alkyl halides is 5. The molecular weight excluding hydrogens is 301 g/mol. The second-order valence-electron chi connectivity index (χ2n) is 2.72. The number of carbonyl (C=O) groups is 1. The van der Waals surface area contributed by atoms with Crippen molar-refractivity contribution in [3.05, 3.63) is 27.5 Å². The lowest BCUT2D eigenvalue weighted by Gasteiger charge is -2.10. The molecule has 2 nitrogen and oxygen atoms in total. The molecule has 8 heteroatoms. The van der Waals surface area contributed by atoms with Crippen LogP contribution in [-0.2, 0) is 6.18 Å². The summed E-state index contributed by atoms with van der Waals surface area (Å²) in [5, 5.41) is 0. The van der Waals surface area contributed by atoms with E-state index in [-0.39, 0.29) is 6.29 Å². The molecule has 0 aliphatic rings. The lowest BCUT2D eigenvalue weighted by atomic mass is 10.1. The van der Waals surface area contributed by atoms with Gasteiger partial charge in [0.05, 0.1) is 5.56 Å². The summed E-state index contributed by atoms with van der Waals surface area (Å²) in [6.45, 7) is 0. The highest BCUT2D eigenvalue weighted by molar-refractivity contribution is 9.10. The Kier molecular flexibility index (Phi) is 3.61. The van der Waals surface area contributed by atoms with Crippen LogP contribution in [0.4, 0.5) is 22.0 Å². The molecule has 0 N–H and O–H groups in total. The third-order valence-corrected chi connectivity index (χ3v) is 2.28. The van der Waals surface area contributed by atoms with Gasteiger partial charge in [-0.3, -0.25) is 4.79 Å². The second kappa shape index (κ2) is 4.44. The third-order valence-electron chi connectivity index (χ3n) is 1.68. The fraction of sp³-hybridized carbons (Fsp3) is 0.250. The number of aromatic nitrogens is 1. The van der Waals surface area contributed by atoms with Crippen molar-refractivity contribution < 1.29 is 26.7 Å². The molecule has 0 unspecified atom stereocenters. The minimum Gasteiger partial charge on any atom is -0.298 e. The number of hydrogen-bond donors (Lipinski definition) is 0. The van der Waals surface area contributed by atoms with Gasteiger partial charge >= 0.3 is 6.18 Å². The summed E-state index contributed by atoms with van der Waals surface area (Å²) in [5.41, 5.74) is -2.97. The zero-order valence-electron chi connectivity index (χ0n) is 7.36. The van der Waals surface area contributed by atoms with Gasteiger partial charge in [-0.05, 0) is 22.0 Å². The van der Waals surface area contributed by atoms with E-state index in [1.54, 1.807) is 0 Å². The van der Waals surface area contributed by atoms with Crippen molar-refractivity contribution >= 4 is 22.2 Å². The summed E-state index contributed by atoms with van der Waals surface area (Å²) in [7, 11) is 0. The van der Waals surface area contributed by atoms with Crippen LogP contribution in [0.25, 0.3) is 0 Å². The van der Waals surface area contributed by atoms with Crippen molar-refractivity contribution in [2.45, 2.75) is 12.6 Å². The van der Waals surface area contributed by atoms with Gasteiger partial charge in [0.25, 0.3) is 6.43 Å². The van der Waals surface area contributed by atoms with Crippen molar-refractivity contribution in [3.8, 4) is 0 Å². The quantitative estimate of drug-likeness (QED) is 0.474. The Morgan fingerprint density at radius 1 is 1.38 bits per heavy atom. The van der Waals surface area contributed by atoms with E-state index in [4.69, 9.17) is 0 Å². The number of aldehydes is 1. The summed E-state index contributed by atoms with van der Waals surface area (Å²) in [6, 6.07) is 0.291. The Balaban J connectivity index is 3.44. The van der Waals surface area contributed by atoms with E-state index >= 15 is 0 Å².